The van der Waals surface area contributed by atoms with E-state index in [1.165, 1.54) is 0 Å². The standard InChI is InChI=1S/C16H19ClFN3O/c1-21-8-7-19-16(21)15-13(6-3-9-22-15)20-10-11-4-2-5-12(17)14(11)18/h2,4-5,7-8,13,15,20H,3,6,9-10H2,1H3/t13-,15-/m0/s1. The molecule has 1 saturated heterocycles. The Morgan fingerprint density at radius 1 is 1.50 bits per heavy atom. The normalized spacial score (nSPS) is 22.0. The van der Waals surface area contributed by atoms with Gasteiger partial charge in [0, 0.05) is 44.2 Å². The first kappa shape index (κ1) is 15.5. The molecule has 2 heterocycles. The van der Waals surface area contributed by atoms with Crippen LogP contribution in [0, 0.1) is 5.82 Å². The molecule has 2 aromatic rings. The monoisotopic (exact) mass is 323 g/mol. The van der Waals surface area contributed by atoms with Crippen LogP contribution in [-0.2, 0) is 18.3 Å². The molecule has 0 radical (unpaired) electrons. The van der Waals surface area contributed by atoms with Gasteiger partial charge in [-0.1, -0.05) is 23.7 Å². The second-order valence-electron chi connectivity index (χ2n) is 5.53. The summed E-state index contributed by atoms with van der Waals surface area (Å²) in [6, 6.07) is 5.16. The van der Waals surface area contributed by atoms with E-state index in [2.05, 4.69) is 10.3 Å². The molecule has 4 nitrogen and oxygen atoms in total. The van der Waals surface area contributed by atoms with Crippen LogP contribution >= 0.6 is 11.6 Å². The Kier molecular flexibility index (Phi) is 4.76. The number of nitrogens with zero attached hydrogens (tertiary/aromatic N) is 2. The molecule has 1 fully saturated rings. The van der Waals surface area contributed by atoms with Crippen LogP contribution < -0.4 is 5.32 Å². The number of halogens is 2. The number of nitrogens with one attached hydrogen (secondary N) is 1. The van der Waals surface area contributed by atoms with Crippen molar-refractivity contribution in [2.45, 2.75) is 31.5 Å². The van der Waals surface area contributed by atoms with E-state index in [1.54, 1.807) is 24.4 Å². The maximum atomic E-state index is 14.0. The van der Waals surface area contributed by atoms with Gasteiger partial charge < -0.3 is 14.6 Å². The van der Waals surface area contributed by atoms with E-state index >= 15 is 0 Å². The first-order valence-electron chi connectivity index (χ1n) is 7.42. The molecule has 118 valence electrons. The zero-order chi connectivity index (χ0) is 15.5. The van der Waals surface area contributed by atoms with Crippen LogP contribution in [0.15, 0.2) is 30.6 Å². The Bertz CT molecular complexity index is 646. The molecule has 0 saturated carbocycles. The third-order valence-corrected chi connectivity index (χ3v) is 4.31. The third-order valence-electron chi connectivity index (χ3n) is 4.02. The van der Waals surface area contributed by atoms with Crippen LogP contribution in [0.5, 0.6) is 0 Å². The predicted octanol–water partition coefficient (Wildman–Crippen LogP) is 3.22. The van der Waals surface area contributed by atoms with Gasteiger partial charge in [-0.25, -0.2) is 9.37 Å². The van der Waals surface area contributed by atoms with Gasteiger partial charge >= 0.3 is 0 Å². The summed E-state index contributed by atoms with van der Waals surface area (Å²) in [5.74, 6) is 0.533. The molecule has 22 heavy (non-hydrogen) atoms. The molecule has 2 atom stereocenters. The van der Waals surface area contributed by atoms with Crippen molar-refractivity contribution in [1.82, 2.24) is 14.9 Å². The van der Waals surface area contributed by atoms with Gasteiger partial charge in [0.2, 0.25) is 0 Å². The van der Waals surface area contributed by atoms with Crippen molar-refractivity contribution < 1.29 is 9.13 Å². The maximum Gasteiger partial charge on any atom is 0.146 e. The average molecular weight is 324 g/mol. The van der Waals surface area contributed by atoms with Crippen molar-refractivity contribution in [3.05, 3.63) is 52.8 Å². The van der Waals surface area contributed by atoms with E-state index in [9.17, 15) is 4.39 Å². The molecule has 1 aliphatic rings. The molecule has 1 aromatic carbocycles. The summed E-state index contributed by atoms with van der Waals surface area (Å²) < 4.78 is 21.8. The van der Waals surface area contributed by atoms with Crippen molar-refractivity contribution in [3.8, 4) is 0 Å². The molecule has 0 unspecified atom stereocenters. The minimum atomic E-state index is -0.359. The minimum absolute atomic E-state index is 0.105. The van der Waals surface area contributed by atoms with Crippen LogP contribution in [0.4, 0.5) is 4.39 Å². The molecule has 0 aliphatic carbocycles. The van der Waals surface area contributed by atoms with Gasteiger partial charge in [0.05, 0.1) is 5.02 Å². The molecular formula is C16H19ClFN3O. The van der Waals surface area contributed by atoms with Gasteiger partial charge in [-0.15, -0.1) is 0 Å². The maximum absolute atomic E-state index is 14.0. The van der Waals surface area contributed by atoms with Gasteiger partial charge in [-0.3, -0.25) is 0 Å². The van der Waals surface area contributed by atoms with Crippen LogP contribution in [0.2, 0.25) is 5.02 Å². The van der Waals surface area contributed by atoms with Gasteiger partial charge in [0.25, 0.3) is 0 Å². The first-order valence-corrected chi connectivity index (χ1v) is 7.79. The van der Waals surface area contributed by atoms with Crippen molar-refractivity contribution in [3.63, 3.8) is 0 Å². The van der Waals surface area contributed by atoms with Crippen LogP contribution in [0.25, 0.3) is 0 Å². The molecule has 1 N–H and O–H groups in total. The minimum Gasteiger partial charge on any atom is -0.369 e. The largest absolute Gasteiger partial charge is 0.369 e. The molecule has 1 aromatic heterocycles. The summed E-state index contributed by atoms with van der Waals surface area (Å²) in [6.45, 7) is 1.14. The van der Waals surface area contributed by atoms with E-state index in [4.69, 9.17) is 16.3 Å². The lowest BCUT2D eigenvalue weighted by molar-refractivity contribution is -0.0179. The lowest BCUT2D eigenvalue weighted by atomic mass is 10.0. The van der Waals surface area contributed by atoms with Gasteiger partial charge in [-0.05, 0) is 18.9 Å². The number of aryl methyl sites for hydroxylation is 1. The highest BCUT2D eigenvalue weighted by Crippen LogP contribution is 2.27. The lowest BCUT2D eigenvalue weighted by Gasteiger charge is -2.32. The highest BCUT2D eigenvalue weighted by molar-refractivity contribution is 6.30. The van der Waals surface area contributed by atoms with E-state index < -0.39 is 0 Å². The van der Waals surface area contributed by atoms with E-state index in [-0.39, 0.29) is 23.0 Å². The summed E-state index contributed by atoms with van der Waals surface area (Å²) in [4.78, 5) is 4.38. The molecule has 6 heteroatoms. The number of hydrogen-bond donors (Lipinski definition) is 1. The number of aromatic nitrogens is 2. The number of rotatable bonds is 4. The number of benzene rings is 1. The van der Waals surface area contributed by atoms with E-state index in [1.807, 2.05) is 17.8 Å². The summed E-state index contributed by atoms with van der Waals surface area (Å²) >= 11 is 5.83. The fourth-order valence-electron chi connectivity index (χ4n) is 2.82. The topological polar surface area (TPSA) is 39.1 Å². The predicted molar refractivity (Wildman–Crippen MR) is 83.2 cm³/mol. The Balaban J connectivity index is 1.72. The zero-order valence-electron chi connectivity index (χ0n) is 12.4. The smallest absolute Gasteiger partial charge is 0.146 e. The fraction of sp³-hybridized carbons (Fsp3) is 0.438. The highest BCUT2D eigenvalue weighted by atomic mass is 35.5. The summed E-state index contributed by atoms with van der Waals surface area (Å²) in [7, 11) is 1.95. The van der Waals surface area contributed by atoms with E-state index in [0.717, 1.165) is 25.3 Å². The summed E-state index contributed by atoms with van der Waals surface area (Å²) in [5.41, 5.74) is 0.566. The molecule has 0 bridgehead atoms. The molecular weight excluding hydrogens is 305 g/mol. The average Bonchev–Trinajstić information content (AvgIpc) is 2.95. The summed E-state index contributed by atoms with van der Waals surface area (Å²) in [6.07, 6.45) is 5.51. The van der Waals surface area contributed by atoms with Crippen LogP contribution in [0.1, 0.15) is 30.3 Å². The fourth-order valence-corrected chi connectivity index (χ4v) is 3.02. The number of imidazole rings is 1. The second-order valence-corrected chi connectivity index (χ2v) is 5.94. The van der Waals surface area contributed by atoms with Gasteiger partial charge in [-0.2, -0.15) is 0 Å². The van der Waals surface area contributed by atoms with Gasteiger partial charge in [0.1, 0.15) is 17.7 Å². The Morgan fingerprint density at radius 2 is 2.36 bits per heavy atom. The SMILES string of the molecule is Cn1ccnc1[C@H]1OCCC[C@@H]1NCc1cccc(Cl)c1F. The van der Waals surface area contributed by atoms with Crippen molar-refractivity contribution in [2.24, 2.45) is 7.05 Å². The number of hydrogen-bond acceptors (Lipinski definition) is 3. The Morgan fingerprint density at radius 3 is 3.14 bits per heavy atom. The molecule has 0 amide bonds. The Hall–Kier alpha value is -1.43. The quantitative estimate of drug-likeness (QED) is 0.939. The molecule has 0 spiro atoms. The van der Waals surface area contributed by atoms with Crippen molar-refractivity contribution in [1.29, 1.82) is 0 Å². The van der Waals surface area contributed by atoms with Crippen LogP contribution in [-0.4, -0.2) is 22.2 Å². The second kappa shape index (κ2) is 6.77. The van der Waals surface area contributed by atoms with Gasteiger partial charge in [0.15, 0.2) is 0 Å². The lowest BCUT2D eigenvalue weighted by Crippen LogP contribution is -2.40. The first-order chi connectivity index (χ1) is 10.7. The molecule has 3 rings (SSSR count). The number of ether oxygens (including phenoxy) is 1. The Labute approximate surface area is 134 Å². The molecule has 1 aliphatic heterocycles. The van der Waals surface area contributed by atoms with Crippen molar-refractivity contribution in [2.75, 3.05) is 6.61 Å². The highest BCUT2D eigenvalue weighted by Gasteiger charge is 2.30. The summed E-state index contributed by atoms with van der Waals surface area (Å²) in [5, 5.41) is 3.55. The third kappa shape index (κ3) is 3.16. The van der Waals surface area contributed by atoms with Crippen LogP contribution in [0.3, 0.4) is 0 Å². The van der Waals surface area contributed by atoms with Crippen molar-refractivity contribution >= 4 is 11.6 Å². The van der Waals surface area contributed by atoms with E-state index in [0.29, 0.717) is 12.1 Å². The zero-order valence-corrected chi connectivity index (χ0v) is 13.2.